The Labute approximate surface area is 196 Å². The summed E-state index contributed by atoms with van der Waals surface area (Å²) in [5, 5.41) is 8.61. The van der Waals surface area contributed by atoms with E-state index in [2.05, 4.69) is 20.5 Å². The van der Waals surface area contributed by atoms with E-state index in [1.165, 1.54) is 11.3 Å². The molecule has 1 aliphatic rings. The number of aromatic nitrogens is 1. The molecule has 1 aromatic heterocycles. The molecule has 4 rings (SSSR count). The Morgan fingerprint density at radius 3 is 2.44 bits per heavy atom. The molecule has 3 amide bonds. The molecule has 7 nitrogen and oxygen atoms in total. The Morgan fingerprint density at radius 1 is 0.969 bits per heavy atom. The Balaban J connectivity index is 1.21. The maximum Gasteiger partial charge on any atom is 0.325 e. The van der Waals surface area contributed by atoms with Crippen LogP contribution in [0.2, 0.25) is 5.02 Å². The molecule has 166 valence electrons. The number of piperazine rings is 1. The standard InChI is InChI=1S/C23H24ClN5O2S/c24-19-8-4-5-9-20(19)28-12-14-29(15-13-28)21(30)11-10-18-16-32-23(26-18)27-22(31)25-17-6-2-1-3-7-17/h1-9,16H,10-15H2,(H2,25,26,27,31). The van der Waals surface area contributed by atoms with Crippen LogP contribution in [0.5, 0.6) is 0 Å². The molecule has 0 saturated carbocycles. The largest absolute Gasteiger partial charge is 0.367 e. The van der Waals surface area contributed by atoms with E-state index < -0.39 is 0 Å². The van der Waals surface area contributed by atoms with Gasteiger partial charge >= 0.3 is 6.03 Å². The van der Waals surface area contributed by atoms with Crippen molar-refractivity contribution in [2.75, 3.05) is 41.7 Å². The minimum atomic E-state index is -0.343. The molecule has 2 N–H and O–H groups in total. The van der Waals surface area contributed by atoms with Gasteiger partial charge in [0.1, 0.15) is 0 Å². The molecule has 0 spiro atoms. The van der Waals surface area contributed by atoms with Crippen molar-refractivity contribution in [3.63, 3.8) is 0 Å². The lowest BCUT2D eigenvalue weighted by Gasteiger charge is -2.36. The number of amides is 3. The highest BCUT2D eigenvalue weighted by molar-refractivity contribution is 7.13. The molecule has 2 aromatic carbocycles. The zero-order valence-corrected chi connectivity index (χ0v) is 19.0. The van der Waals surface area contributed by atoms with E-state index in [9.17, 15) is 9.59 Å². The van der Waals surface area contributed by atoms with Crippen LogP contribution in [0.4, 0.5) is 21.3 Å². The van der Waals surface area contributed by atoms with Crippen LogP contribution in [0.25, 0.3) is 0 Å². The number of para-hydroxylation sites is 2. The van der Waals surface area contributed by atoms with Crippen LogP contribution in [0, 0.1) is 0 Å². The van der Waals surface area contributed by atoms with Gasteiger partial charge in [0.2, 0.25) is 5.91 Å². The highest BCUT2D eigenvalue weighted by Crippen LogP contribution is 2.26. The molecule has 3 aromatic rings. The molecule has 0 bridgehead atoms. The van der Waals surface area contributed by atoms with Gasteiger partial charge in [0.25, 0.3) is 0 Å². The minimum absolute atomic E-state index is 0.119. The zero-order valence-electron chi connectivity index (χ0n) is 17.5. The van der Waals surface area contributed by atoms with Gasteiger partial charge in [0.15, 0.2) is 5.13 Å². The molecule has 0 atom stereocenters. The van der Waals surface area contributed by atoms with Gasteiger partial charge in [0.05, 0.1) is 16.4 Å². The number of hydrogen-bond acceptors (Lipinski definition) is 5. The van der Waals surface area contributed by atoms with Crippen molar-refractivity contribution in [1.29, 1.82) is 0 Å². The first-order valence-electron chi connectivity index (χ1n) is 10.4. The summed E-state index contributed by atoms with van der Waals surface area (Å²) >= 11 is 7.64. The van der Waals surface area contributed by atoms with Crippen molar-refractivity contribution in [3.8, 4) is 0 Å². The van der Waals surface area contributed by atoms with Crippen LogP contribution < -0.4 is 15.5 Å². The summed E-state index contributed by atoms with van der Waals surface area (Å²) in [7, 11) is 0. The van der Waals surface area contributed by atoms with Crippen molar-refractivity contribution < 1.29 is 9.59 Å². The van der Waals surface area contributed by atoms with Crippen molar-refractivity contribution in [2.24, 2.45) is 0 Å². The van der Waals surface area contributed by atoms with E-state index in [-0.39, 0.29) is 11.9 Å². The molecule has 1 saturated heterocycles. The number of carbonyl (C=O) groups excluding carboxylic acids is 2. The summed E-state index contributed by atoms with van der Waals surface area (Å²) in [4.78, 5) is 33.3. The highest BCUT2D eigenvalue weighted by Gasteiger charge is 2.22. The number of carbonyl (C=O) groups is 2. The summed E-state index contributed by atoms with van der Waals surface area (Å²) in [5.74, 6) is 0.119. The van der Waals surface area contributed by atoms with Crippen LogP contribution >= 0.6 is 22.9 Å². The van der Waals surface area contributed by atoms with E-state index >= 15 is 0 Å². The fraction of sp³-hybridized carbons (Fsp3) is 0.261. The number of anilines is 3. The lowest BCUT2D eigenvalue weighted by atomic mass is 10.2. The normalized spacial score (nSPS) is 13.7. The quantitative estimate of drug-likeness (QED) is 0.547. The molecule has 0 unspecified atom stereocenters. The Bertz CT molecular complexity index is 1070. The van der Waals surface area contributed by atoms with Crippen LogP contribution in [-0.2, 0) is 11.2 Å². The SMILES string of the molecule is O=C(Nc1ccccc1)Nc1nc(CCC(=O)N2CCN(c3ccccc3Cl)CC2)cs1. The molecule has 1 fully saturated rings. The van der Waals surface area contributed by atoms with E-state index in [0.717, 1.165) is 29.5 Å². The second-order valence-electron chi connectivity index (χ2n) is 7.41. The van der Waals surface area contributed by atoms with Crippen LogP contribution in [0.15, 0.2) is 60.0 Å². The summed E-state index contributed by atoms with van der Waals surface area (Å²) in [5.41, 5.74) is 2.52. The number of nitrogens with one attached hydrogen (secondary N) is 2. The maximum atomic E-state index is 12.6. The second-order valence-corrected chi connectivity index (χ2v) is 8.67. The molecule has 32 heavy (non-hydrogen) atoms. The summed E-state index contributed by atoms with van der Waals surface area (Å²) < 4.78 is 0. The summed E-state index contributed by atoms with van der Waals surface area (Å²) in [6, 6.07) is 16.7. The topological polar surface area (TPSA) is 77.6 Å². The van der Waals surface area contributed by atoms with Crippen molar-refractivity contribution in [3.05, 3.63) is 70.7 Å². The van der Waals surface area contributed by atoms with Gasteiger partial charge in [-0.15, -0.1) is 11.3 Å². The number of halogens is 1. The fourth-order valence-electron chi connectivity index (χ4n) is 3.56. The third kappa shape index (κ3) is 5.77. The summed E-state index contributed by atoms with van der Waals surface area (Å²) in [6.07, 6.45) is 0.938. The van der Waals surface area contributed by atoms with Gasteiger partial charge in [-0.05, 0) is 30.7 Å². The third-order valence-electron chi connectivity index (χ3n) is 5.22. The van der Waals surface area contributed by atoms with E-state index in [0.29, 0.717) is 36.8 Å². The predicted octanol–water partition coefficient (Wildman–Crippen LogP) is 4.72. The number of hydrogen-bond donors (Lipinski definition) is 2. The Kier molecular flexibility index (Phi) is 7.24. The van der Waals surface area contributed by atoms with E-state index in [4.69, 9.17) is 11.6 Å². The highest BCUT2D eigenvalue weighted by atomic mass is 35.5. The smallest absolute Gasteiger partial charge is 0.325 e. The molecule has 1 aliphatic heterocycles. The average molecular weight is 470 g/mol. The number of thiazole rings is 1. The molecule has 9 heteroatoms. The van der Waals surface area contributed by atoms with Crippen molar-refractivity contribution >= 4 is 51.4 Å². The first kappa shape index (κ1) is 22.1. The molecule has 0 radical (unpaired) electrons. The monoisotopic (exact) mass is 469 g/mol. The van der Waals surface area contributed by atoms with E-state index in [1.807, 2.05) is 64.9 Å². The lowest BCUT2D eigenvalue weighted by Crippen LogP contribution is -2.48. The Morgan fingerprint density at radius 2 is 1.69 bits per heavy atom. The number of aryl methyl sites for hydroxylation is 1. The number of nitrogens with zero attached hydrogens (tertiary/aromatic N) is 3. The molecular weight excluding hydrogens is 446 g/mol. The van der Waals surface area contributed by atoms with Gasteiger partial charge in [0, 0.05) is 43.7 Å². The third-order valence-corrected chi connectivity index (χ3v) is 6.35. The van der Waals surface area contributed by atoms with Crippen LogP contribution in [0.3, 0.4) is 0 Å². The number of rotatable bonds is 6. The van der Waals surface area contributed by atoms with Crippen LogP contribution in [-0.4, -0.2) is 48.0 Å². The first-order chi connectivity index (χ1) is 15.6. The van der Waals surface area contributed by atoms with Crippen LogP contribution in [0.1, 0.15) is 12.1 Å². The minimum Gasteiger partial charge on any atom is -0.367 e. The molecule has 2 heterocycles. The summed E-state index contributed by atoms with van der Waals surface area (Å²) in [6.45, 7) is 2.87. The average Bonchev–Trinajstić information content (AvgIpc) is 3.25. The van der Waals surface area contributed by atoms with Crippen molar-refractivity contribution in [1.82, 2.24) is 9.88 Å². The second kappa shape index (κ2) is 10.5. The van der Waals surface area contributed by atoms with E-state index in [1.54, 1.807) is 0 Å². The maximum absolute atomic E-state index is 12.6. The van der Waals surface area contributed by atoms with Gasteiger partial charge in [-0.3, -0.25) is 10.1 Å². The van der Waals surface area contributed by atoms with Gasteiger partial charge in [-0.2, -0.15) is 0 Å². The van der Waals surface area contributed by atoms with Gasteiger partial charge in [-0.1, -0.05) is 41.9 Å². The number of benzene rings is 2. The fourth-order valence-corrected chi connectivity index (χ4v) is 4.55. The molecular formula is C23H24ClN5O2S. The van der Waals surface area contributed by atoms with Gasteiger partial charge < -0.3 is 15.1 Å². The number of urea groups is 1. The molecule has 0 aliphatic carbocycles. The lowest BCUT2D eigenvalue weighted by molar-refractivity contribution is -0.131. The van der Waals surface area contributed by atoms with Crippen molar-refractivity contribution in [2.45, 2.75) is 12.8 Å². The Hall–Kier alpha value is -3.10. The first-order valence-corrected chi connectivity index (χ1v) is 11.7. The van der Waals surface area contributed by atoms with Gasteiger partial charge in [-0.25, -0.2) is 9.78 Å². The zero-order chi connectivity index (χ0) is 22.3. The predicted molar refractivity (Wildman–Crippen MR) is 130 cm³/mol.